The van der Waals surface area contributed by atoms with Crippen LogP contribution in [0, 0.1) is 18.3 Å². The van der Waals surface area contributed by atoms with E-state index in [4.69, 9.17) is 12.2 Å². The molecule has 4 rings (SSSR count). The first-order chi connectivity index (χ1) is 18.4. The van der Waals surface area contributed by atoms with Gasteiger partial charge in [0.15, 0.2) is 0 Å². The molecule has 6 nitrogen and oxygen atoms in total. The number of nitrogens with zero attached hydrogens (tertiary/aromatic N) is 3. The van der Waals surface area contributed by atoms with Crippen molar-refractivity contribution >= 4 is 46.1 Å². The molecule has 194 valence electrons. The van der Waals surface area contributed by atoms with Gasteiger partial charge in [0.05, 0.1) is 4.91 Å². The van der Waals surface area contributed by atoms with Gasteiger partial charge < -0.3 is 5.32 Å². The van der Waals surface area contributed by atoms with Crippen molar-refractivity contribution in [2.75, 3.05) is 18.4 Å². The lowest BCUT2D eigenvalue weighted by Gasteiger charge is -2.19. The van der Waals surface area contributed by atoms with Gasteiger partial charge in [-0.25, -0.2) is 0 Å². The van der Waals surface area contributed by atoms with Gasteiger partial charge in [0, 0.05) is 25.2 Å². The molecule has 38 heavy (non-hydrogen) atoms. The number of carbonyl (C=O) groups is 1. The molecule has 1 N–H and O–H groups in total. The van der Waals surface area contributed by atoms with E-state index in [0.29, 0.717) is 45.8 Å². The highest BCUT2D eigenvalue weighted by atomic mass is 32.2. The zero-order chi connectivity index (χ0) is 27.1. The number of anilines is 1. The lowest BCUT2D eigenvalue weighted by atomic mass is 10.0. The third-order valence-corrected chi connectivity index (χ3v) is 7.96. The Morgan fingerprint density at radius 3 is 2.26 bits per heavy atom. The van der Waals surface area contributed by atoms with E-state index < -0.39 is 0 Å². The zero-order valence-corrected chi connectivity index (χ0v) is 23.2. The fourth-order valence-electron chi connectivity index (χ4n) is 4.53. The quantitative estimate of drug-likeness (QED) is 0.268. The normalized spacial score (nSPS) is 14.2. The molecule has 2 aromatic carbocycles. The standard InChI is InChI=1S/C30H30N4O2S2/c1-3-33-27(32-17-16-23-13-8-5-9-14-23)24(21(2)25(20-31)28(33)35)19-26-29(36)34(30(37)38-26)18-10-15-22-11-6-4-7-12-22/h4-9,11-14,19,32H,3,10,15-18H2,1-2H3/b26-19-. The smallest absolute Gasteiger partial charge is 0.270 e. The lowest BCUT2D eigenvalue weighted by molar-refractivity contribution is -0.122. The van der Waals surface area contributed by atoms with E-state index in [0.717, 1.165) is 19.3 Å². The molecule has 1 saturated heterocycles. The summed E-state index contributed by atoms with van der Waals surface area (Å²) in [6, 6.07) is 22.3. The number of aryl methyl sites for hydroxylation is 1. The largest absolute Gasteiger partial charge is 0.371 e. The minimum Gasteiger partial charge on any atom is -0.371 e. The first kappa shape index (κ1) is 27.4. The second-order valence-corrected chi connectivity index (χ2v) is 10.7. The van der Waals surface area contributed by atoms with Crippen LogP contribution in [0.15, 0.2) is 70.4 Å². The SMILES string of the molecule is CCn1c(NCCc2ccccc2)c(/C=C2\SC(=S)N(CCCc3ccccc3)C2=O)c(C)c(C#N)c1=O. The predicted octanol–water partition coefficient (Wildman–Crippen LogP) is 5.54. The van der Waals surface area contributed by atoms with Crippen LogP contribution in [0.5, 0.6) is 0 Å². The van der Waals surface area contributed by atoms with Crippen LogP contribution in [-0.4, -0.2) is 32.8 Å². The Morgan fingerprint density at radius 1 is 1.03 bits per heavy atom. The molecule has 8 heteroatoms. The number of carbonyl (C=O) groups excluding carboxylic acids is 1. The number of benzene rings is 2. The minimum atomic E-state index is -0.333. The summed E-state index contributed by atoms with van der Waals surface area (Å²) in [5.74, 6) is 0.467. The predicted molar refractivity (Wildman–Crippen MR) is 159 cm³/mol. The fraction of sp³-hybridized carbons (Fsp3) is 0.267. The number of nitrogens with one attached hydrogen (secondary N) is 1. The van der Waals surface area contributed by atoms with E-state index in [1.807, 2.05) is 43.3 Å². The Kier molecular flexibility index (Phi) is 9.16. The zero-order valence-electron chi connectivity index (χ0n) is 21.6. The van der Waals surface area contributed by atoms with E-state index in [2.05, 4.69) is 35.7 Å². The molecule has 0 spiro atoms. The molecule has 0 atom stereocenters. The monoisotopic (exact) mass is 542 g/mol. The van der Waals surface area contributed by atoms with Crippen LogP contribution in [0.2, 0.25) is 0 Å². The average molecular weight is 543 g/mol. The third kappa shape index (κ3) is 6.07. The Morgan fingerprint density at radius 2 is 1.66 bits per heavy atom. The molecule has 3 aromatic rings. The highest BCUT2D eigenvalue weighted by Gasteiger charge is 2.32. The fourth-order valence-corrected chi connectivity index (χ4v) is 5.83. The van der Waals surface area contributed by atoms with Crippen molar-refractivity contribution in [1.29, 1.82) is 5.26 Å². The van der Waals surface area contributed by atoms with Gasteiger partial charge in [-0.3, -0.25) is 19.1 Å². The Balaban J connectivity index is 1.61. The van der Waals surface area contributed by atoms with Crippen molar-refractivity contribution < 1.29 is 4.79 Å². The van der Waals surface area contributed by atoms with Crippen molar-refractivity contribution in [1.82, 2.24) is 9.47 Å². The Bertz CT molecular complexity index is 1460. The van der Waals surface area contributed by atoms with Crippen LogP contribution in [0.4, 0.5) is 5.82 Å². The molecular formula is C30H30N4O2S2. The molecule has 0 bridgehead atoms. The van der Waals surface area contributed by atoms with Gasteiger partial charge in [0.2, 0.25) is 0 Å². The molecule has 2 heterocycles. The first-order valence-corrected chi connectivity index (χ1v) is 13.9. The van der Waals surface area contributed by atoms with E-state index in [1.54, 1.807) is 22.5 Å². The summed E-state index contributed by atoms with van der Waals surface area (Å²) in [7, 11) is 0. The first-order valence-electron chi connectivity index (χ1n) is 12.7. The summed E-state index contributed by atoms with van der Waals surface area (Å²) < 4.78 is 2.10. The van der Waals surface area contributed by atoms with Gasteiger partial charge in [-0.05, 0) is 55.9 Å². The number of nitriles is 1. The Labute approximate surface area is 233 Å². The molecule has 1 aromatic heterocycles. The summed E-state index contributed by atoms with van der Waals surface area (Å²) in [5, 5.41) is 13.2. The number of rotatable bonds is 10. The van der Waals surface area contributed by atoms with Gasteiger partial charge in [0.25, 0.3) is 11.5 Å². The van der Waals surface area contributed by atoms with Gasteiger partial charge >= 0.3 is 0 Å². The second-order valence-electron chi connectivity index (χ2n) is 9.01. The van der Waals surface area contributed by atoms with Crippen molar-refractivity contribution in [2.45, 2.75) is 39.7 Å². The maximum Gasteiger partial charge on any atom is 0.270 e. The molecule has 0 saturated carbocycles. The summed E-state index contributed by atoms with van der Waals surface area (Å²) in [6.07, 6.45) is 4.21. The molecular weight excluding hydrogens is 512 g/mol. The Hall–Kier alpha value is -3.67. The van der Waals surface area contributed by atoms with Crippen molar-refractivity contribution in [3.05, 3.63) is 104 Å². The van der Waals surface area contributed by atoms with Crippen LogP contribution in [0.1, 0.15) is 41.2 Å². The molecule has 0 radical (unpaired) electrons. The highest BCUT2D eigenvalue weighted by molar-refractivity contribution is 8.26. The van der Waals surface area contributed by atoms with E-state index in [1.165, 1.54) is 22.9 Å². The number of thiocarbonyl (C=S) groups is 1. The van der Waals surface area contributed by atoms with Crippen molar-refractivity contribution in [2.24, 2.45) is 0 Å². The summed E-state index contributed by atoms with van der Waals surface area (Å²) in [4.78, 5) is 28.6. The number of aromatic nitrogens is 1. The van der Waals surface area contributed by atoms with Crippen LogP contribution in [0.25, 0.3) is 6.08 Å². The number of hydrogen-bond acceptors (Lipinski definition) is 6. The average Bonchev–Trinajstić information content (AvgIpc) is 3.19. The van der Waals surface area contributed by atoms with Crippen LogP contribution in [-0.2, 0) is 24.2 Å². The van der Waals surface area contributed by atoms with Crippen LogP contribution in [0.3, 0.4) is 0 Å². The topological polar surface area (TPSA) is 78.1 Å². The second kappa shape index (κ2) is 12.7. The highest BCUT2D eigenvalue weighted by Crippen LogP contribution is 2.35. The maximum absolute atomic E-state index is 13.4. The van der Waals surface area contributed by atoms with Crippen LogP contribution >= 0.6 is 24.0 Å². The maximum atomic E-state index is 13.4. The number of pyridine rings is 1. The van der Waals surface area contributed by atoms with E-state index in [9.17, 15) is 14.9 Å². The molecule has 1 aliphatic rings. The van der Waals surface area contributed by atoms with Gasteiger partial charge in [0.1, 0.15) is 21.8 Å². The van der Waals surface area contributed by atoms with E-state index in [-0.39, 0.29) is 17.0 Å². The van der Waals surface area contributed by atoms with Gasteiger partial charge in [-0.15, -0.1) is 0 Å². The number of thioether (sulfide) groups is 1. The number of hydrogen-bond donors (Lipinski definition) is 1. The molecule has 1 amide bonds. The van der Waals surface area contributed by atoms with Gasteiger partial charge in [-0.2, -0.15) is 5.26 Å². The third-order valence-electron chi connectivity index (χ3n) is 6.58. The van der Waals surface area contributed by atoms with E-state index >= 15 is 0 Å². The molecule has 1 aliphatic heterocycles. The van der Waals surface area contributed by atoms with Crippen molar-refractivity contribution in [3.63, 3.8) is 0 Å². The lowest BCUT2D eigenvalue weighted by Crippen LogP contribution is -2.29. The minimum absolute atomic E-state index is 0.0880. The molecule has 1 fully saturated rings. The summed E-state index contributed by atoms with van der Waals surface area (Å²) >= 11 is 6.82. The molecule has 0 aliphatic carbocycles. The molecule has 0 unspecified atom stereocenters. The van der Waals surface area contributed by atoms with Crippen molar-refractivity contribution in [3.8, 4) is 6.07 Å². The summed E-state index contributed by atoms with van der Waals surface area (Å²) in [5.41, 5.74) is 3.37. The number of amides is 1. The van der Waals surface area contributed by atoms with Crippen LogP contribution < -0.4 is 10.9 Å². The summed E-state index contributed by atoms with van der Waals surface area (Å²) in [6.45, 7) is 5.15. The van der Waals surface area contributed by atoms with Gasteiger partial charge in [-0.1, -0.05) is 84.6 Å².